The van der Waals surface area contributed by atoms with Crippen molar-refractivity contribution in [3.05, 3.63) is 59.2 Å². The highest BCUT2D eigenvalue weighted by Crippen LogP contribution is 2.29. The number of carbonyl (C=O) groups is 4. The first-order chi connectivity index (χ1) is 13.5. The molecule has 1 atom stereocenters. The van der Waals surface area contributed by atoms with Gasteiger partial charge in [0.15, 0.2) is 0 Å². The molecule has 2 aromatic carbocycles. The Labute approximate surface area is 160 Å². The number of nitrogens with zero attached hydrogens (tertiary/aromatic N) is 1. The van der Waals surface area contributed by atoms with Crippen LogP contribution in [0.15, 0.2) is 42.5 Å². The molecule has 4 N–H and O–H groups in total. The number of fused-ring (bicyclic) bond motifs is 1. The summed E-state index contributed by atoms with van der Waals surface area (Å²) in [5.41, 5.74) is 8.65. The zero-order valence-corrected chi connectivity index (χ0v) is 14.9. The molecule has 0 aliphatic carbocycles. The molecule has 8 nitrogen and oxygen atoms in total. The minimum absolute atomic E-state index is 0.0924. The number of para-hydroxylation sites is 1. The van der Waals surface area contributed by atoms with Gasteiger partial charge >= 0.3 is 0 Å². The molecule has 28 heavy (non-hydrogen) atoms. The number of imide groups is 2. The Morgan fingerprint density at radius 3 is 2.54 bits per heavy atom. The predicted octanol–water partition coefficient (Wildman–Crippen LogP) is 1.28. The summed E-state index contributed by atoms with van der Waals surface area (Å²) in [4.78, 5) is 49.9. The second-order valence-corrected chi connectivity index (χ2v) is 6.76. The molecule has 0 radical (unpaired) electrons. The van der Waals surface area contributed by atoms with Gasteiger partial charge in [0.1, 0.15) is 6.04 Å². The van der Waals surface area contributed by atoms with Gasteiger partial charge in [0.2, 0.25) is 11.8 Å². The van der Waals surface area contributed by atoms with E-state index in [1.54, 1.807) is 24.3 Å². The van der Waals surface area contributed by atoms with E-state index in [0.717, 1.165) is 10.5 Å². The lowest BCUT2D eigenvalue weighted by Gasteiger charge is -2.27. The van der Waals surface area contributed by atoms with E-state index >= 15 is 0 Å². The van der Waals surface area contributed by atoms with Crippen molar-refractivity contribution in [1.82, 2.24) is 10.2 Å². The largest absolute Gasteiger partial charge is 0.398 e. The van der Waals surface area contributed by atoms with Crippen molar-refractivity contribution in [1.29, 1.82) is 0 Å². The summed E-state index contributed by atoms with van der Waals surface area (Å²) < 4.78 is 0. The summed E-state index contributed by atoms with van der Waals surface area (Å²) >= 11 is 0. The van der Waals surface area contributed by atoms with Crippen LogP contribution in [0.3, 0.4) is 0 Å². The third-order valence-electron chi connectivity index (χ3n) is 4.98. The normalized spacial score (nSPS) is 18.9. The summed E-state index contributed by atoms with van der Waals surface area (Å²) in [5.74, 6) is -2.07. The second-order valence-electron chi connectivity index (χ2n) is 6.76. The molecular formula is C20H18N4O4. The molecule has 0 spiro atoms. The summed E-state index contributed by atoms with van der Waals surface area (Å²) in [7, 11) is 0. The second kappa shape index (κ2) is 6.80. The van der Waals surface area contributed by atoms with Crippen LogP contribution in [0, 0.1) is 0 Å². The van der Waals surface area contributed by atoms with Gasteiger partial charge in [0.05, 0.1) is 11.1 Å². The summed E-state index contributed by atoms with van der Waals surface area (Å²) in [5, 5.41) is 5.37. The third-order valence-corrected chi connectivity index (χ3v) is 4.98. The van der Waals surface area contributed by atoms with E-state index in [0.29, 0.717) is 17.9 Å². The van der Waals surface area contributed by atoms with Crippen molar-refractivity contribution in [2.45, 2.75) is 25.4 Å². The number of amides is 4. The van der Waals surface area contributed by atoms with Crippen LogP contribution in [0.1, 0.15) is 39.1 Å². The molecular weight excluding hydrogens is 360 g/mol. The first kappa shape index (κ1) is 17.7. The number of anilines is 2. The fourth-order valence-electron chi connectivity index (χ4n) is 3.47. The lowest BCUT2D eigenvalue weighted by Crippen LogP contribution is -2.54. The number of nitrogens with two attached hydrogens (primary N) is 1. The number of nitrogen functional groups attached to an aromatic ring is 1. The summed E-state index contributed by atoms with van der Waals surface area (Å²) in [6.07, 6.45) is 0.226. The number of rotatable bonds is 4. The monoisotopic (exact) mass is 378 g/mol. The van der Waals surface area contributed by atoms with Gasteiger partial charge in [-0.25, -0.2) is 0 Å². The highest BCUT2D eigenvalue weighted by atomic mass is 16.2. The Balaban J connectivity index is 1.55. The Bertz CT molecular complexity index is 1020. The first-order valence-corrected chi connectivity index (χ1v) is 8.88. The van der Waals surface area contributed by atoms with Crippen LogP contribution in [-0.4, -0.2) is 34.6 Å². The molecule has 2 heterocycles. The Hall–Kier alpha value is -3.68. The number of hydrogen-bond acceptors (Lipinski definition) is 6. The van der Waals surface area contributed by atoms with Crippen molar-refractivity contribution in [2.24, 2.45) is 0 Å². The van der Waals surface area contributed by atoms with Crippen molar-refractivity contribution in [3.63, 3.8) is 0 Å². The first-order valence-electron chi connectivity index (χ1n) is 8.88. The number of benzene rings is 2. The van der Waals surface area contributed by atoms with Gasteiger partial charge in [-0.2, -0.15) is 0 Å². The molecule has 142 valence electrons. The number of carbonyl (C=O) groups excluding carboxylic acids is 4. The van der Waals surface area contributed by atoms with Crippen LogP contribution in [-0.2, 0) is 16.1 Å². The fourth-order valence-corrected chi connectivity index (χ4v) is 3.47. The number of nitrogens with one attached hydrogen (secondary N) is 2. The molecule has 4 amide bonds. The van der Waals surface area contributed by atoms with Crippen molar-refractivity contribution >= 4 is 35.0 Å². The predicted molar refractivity (Wildman–Crippen MR) is 101 cm³/mol. The van der Waals surface area contributed by atoms with E-state index in [2.05, 4.69) is 10.6 Å². The topological polar surface area (TPSA) is 122 Å². The molecule has 1 unspecified atom stereocenters. The van der Waals surface area contributed by atoms with Crippen LogP contribution in [0.5, 0.6) is 0 Å². The maximum Gasteiger partial charge on any atom is 0.262 e. The molecule has 2 aromatic rings. The number of hydrogen-bond donors (Lipinski definition) is 3. The molecule has 0 saturated carbocycles. The van der Waals surface area contributed by atoms with Crippen molar-refractivity contribution in [3.8, 4) is 0 Å². The minimum atomic E-state index is -0.967. The van der Waals surface area contributed by atoms with Crippen LogP contribution in [0.4, 0.5) is 11.4 Å². The third kappa shape index (κ3) is 2.98. The van der Waals surface area contributed by atoms with E-state index in [-0.39, 0.29) is 24.0 Å². The standard InChI is InChI=1S/C20H18N4O4/c21-15-4-2-1-3-11(15)10-22-12-5-6-13-14(9-12)20(28)24(19(13)27)16-7-8-17(25)23-18(16)26/h1-6,9,16,22H,7-8,10,21H2,(H,23,25,26). The summed E-state index contributed by atoms with van der Waals surface area (Å²) in [6, 6.07) is 11.3. The lowest BCUT2D eigenvalue weighted by atomic mass is 10.0. The van der Waals surface area contributed by atoms with E-state index < -0.39 is 29.7 Å². The zero-order valence-electron chi connectivity index (χ0n) is 14.9. The van der Waals surface area contributed by atoms with Crippen LogP contribution in [0.25, 0.3) is 0 Å². The van der Waals surface area contributed by atoms with Crippen LogP contribution < -0.4 is 16.4 Å². The minimum Gasteiger partial charge on any atom is -0.398 e. The summed E-state index contributed by atoms with van der Waals surface area (Å²) in [6.45, 7) is 0.463. The Morgan fingerprint density at radius 1 is 1.04 bits per heavy atom. The molecule has 4 rings (SSSR count). The van der Waals surface area contributed by atoms with E-state index in [9.17, 15) is 19.2 Å². The molecule has 2 aliphatic rings. The fraction of sp³-hybridized carbons (Fsp3) is 0.200. The molecule has 2 aliphatic heterocycles. The molecule has 8 heteroatoms. The maximum atomic E-state index is 12.8. The highest BCUT2D eigenvalue weighted by molar-refractivity contribution is 6.23. The maximum absolute atomic E-state index is 12.8. The smallest absolute Gasteiger partial charge is 0.262 e. The van der Waals surface area contributed by atoms with Gasteiger partial charge in [-0.05, 0) is 36.2 Å². The van der Waals surface area contributed by atoms with Gasteiger partial charge in [0, 0.05) is 24.3 Å². The molecule has 0 bridgehead atoms. The van der Waals surface area contributed by atoms with E-state index in [4.69, 9.17) is 5.73 Å². The van der Waals surface area contributed by atoms with Crippen molar-refractivity contribution < 1.29 is 19.2 Å². The molecule has 0 aromatic heterocycles. The molecule has 1 fully saturated rings. The van der Waals surface area contributed by atoms with Crippen LogP contribution in [0.2, 0.25) is 0 Å². The van der Waals surface area contributed by atoms with Gasteiger partial charge in [-0.15, -0.1) is 0 Å². The van der Waals surface area contributed by atoms with Gasteiger partial charge in [0.25, 0.3) is 11.8 Å². The van der Waals surface area contributed by atoms with E-state index in [1.165, 1.54) is 0 Å². The van der Waals surface area contributed by atoms with Gasteiger partial charge in [-0.3, -0.25) is 29.4 Å². The number of piperidine rings is 1. The lowest BCUT2D eigenvalue weighted by molar-refractivity contribution is -0.136. The van der Waals surface area contributed by atoms with Crippen molar-refractivity contribution in [2.75, 3.05) is 11.1 Å². The van der Waals surface area contributed by atoms with Gasteiger partial charge in [-0.1, -0.05) is 18.2 Å². The SMILES string of the molecule is Nc1ccccc1CNc1ccc2c(c1)C(=O)N(C1CCC(=O)NC1=O)C2=O. The quantitative estimate of drug-likeness (QED) is 0.544. The van der Waals surface area contributed by atoms with Crippen LogP contribution >= 0.6 is 0 Å². The highest BCUT2D eigenvalue weighted by Gasteiger charge is 2.44. The average molecular weight is 378 g/mol. The zero-order chi connectivity index (χ0) is 19.8. The van der Waals surface area contributed by atoms with E-state index in [1.807, 2.05) is 18.2 Å². The molecule has 1 saturated heterocycles. The Kier molecular flexibility index (Phi) is 4.31. The van der Waals surface area contributed by atoms with Gasteiger partial charge < -0.3 is 11.1 Å². The Morgan fingerprint density at radius 2 is 1.79 bits per heavy atom. The average Bonchev–Trinajstić information content (AvgIpc) is 2.92.